The van der Waals surface area contributed by atoms with Crippen LogP contribution in [0, 0.1) is 0 Å². The van der Waals surface area contributed by atoms with Crippen molar-refractivity contribution < 1.29 is 14.6 Å². The largest absolute Gasteiger partial charge is 0.480 e. The van der Waals surface area contributed by atoms with Crippen molar-refractivity contribution >= 4 is 23.3 Å². The molecule has 1 fully saturated rings. The predicted molar refractivity (Wildman–Crippen MR) is 151 cm³/mol. The molecule has 2 N–H and O–H groups in total. The van der Waals surface area contributed by atoms with Gasteiger partial charge in [-0.15, -0.1) is 0 Å². The average Bonchev–Trinajstić information content (AvgIpc) is 3.25. The topological polar surface area (TPSA) is 58.6 Å². The standard InChI is InChI=1S/C33H30ClNO3/c34-25-8-6-9-26(22-25)35-33(31(36)37)19-17-32(18-20-33)29-12-5-4-7-24(29)21-30(32)23-13-15-28(16-14-23)38-27-10-2-1-3-11-27/h1-16,22,30,35H,17-21H2,(H,36,37)/t30-,32?,33?/m0/s1. The first kappa shape index (κ1) is 24.6. The fraction of sp³-hybridized carbons (Fsp3) is 0.242. The molecule has 0 radical (unpaired) electrons. The van der Waals surface area contributed by atoms with Crippen LogP contribution in [-0.4, -0.2) is 16.6 Å². The molecule has 5 heteroatoms. The van der Waals surface area contributed by atoms with E-state index in [1.807, 2.05) is 54.6 Å². The van der Waals surface area contributed by atoms with Gasteiger partial charge in [0.2, 0.25) is 0 Å². The summed E-state index contributed by atoms with van der Waals surface area (Å²) in [5, 5.41) is 14.3. The van der Waals surface area contributed by atoms with Gasteiger partial charge in [-0.25, -0.2) is 4.79 Å². The first-order valence-electron chi connectivity index (χ1n) is 13.2. The summed E-state index contributed by atoms with van der Waals surface area (Å²) in [6, 6.07) is 34.3. The molecule has 6 rings (SSSR count). The second-order valence-electron chi connectivity index (χ2n) is 10.6. The third-order valence-corrected chi connectivity index (χ3v) is 8.75. The number of hydrogen-bond acceptors (Lipinski definition) is 3. The Morgan fingerprint density at radius 1 is 0.816 bits per heavy atom. The number of benzene rings is 4. The molecular weight excluding hydrogens is 494 g/mol. The van der Waals surface area contributed by atoms with Gasteiger partial charge in [-0.05, 0) is 97.2 Å². The lowest BCUT2D eigenvalue weighted by Gasteiger charge is -2.47. The Hall–Kier alpha value is -3.76. The van der Waals surface area contributed by atoms with Crippen LogP contribution in [-0.2, 0) is 16.6 Å². The molecule has 192 valence electrons. The van der Waals surface area contributed by atoms with Crippen molar-refractivity contribution in [3.63, 3.8) is 0 Å². The summed E-state index contributed by atoms with van der Waals surface area (Å²) in [6.07, 6.45) is 3.61. The Bertz CT molecular complexity index is 1440. The normalized spacial score (nSPS) is 24.1. The number of fused-ring (bicyclic) bond motifs is 2. The second kappa shape index (κ2) is 9.85. The van der Waals surface area contributed by atoms with E-state index in [1.54, 1.807) is 12.1 Å². The molecule has 4 aromatic carbocycles. The summed E-state index contributed by atoms with van der Waals surface area (Å²) in [4.78, 5) is 12.6. The Kier molecular flexibility index (Phi) is 6.37. The van der Waals surface area contributed by atoms with Gasteiger partial charge in [-0.2, -0.15) is 0 Å². The molecule has 1 atom stereocenters. The van der Waals surface area contributed by atoms with E-state index in [4.69, 9.17) is 16.3 Å². The highest BCUT2D eigenvalue weighted by molar-refractivity contribution is 6.30. The molecule has 2 aliphatic carbocycles. The van der Waals surface area contributed by atoms with Gasteiger partial charge in [0.25, 0.3) is 0 Å². The highest BCUT2D eigenvalue weighted by Gasteiger charge is 2.54. The van der Waals surface area contributed by atoms with Gasteiger partial charge >= 0.3 is 5.97 Å². The van der Waals surface area contributed by atoms with E-state index >= 15 is 0 Å². The van der Waals surface area contributed by atoms with Crippen molar-refractivity contribution in [3.05, 3.63) is 125 Å². The van der Waals surface area contributed by atoms with E-state index in [1.165, 1.54) is 16.7 Å². The molecular formula is C33H30ClNO3. The van der Waals surface area contributed by atoms with E-state index in [2.05, 4.69) is 41.7 Å². The van der Waals surface area contributed by atoms with Crippen molar-refractivity contribution in [1.29, 1.82) is 0 Å². The minimum absolute atomic E-state index is 0.104. The molecule has 0 aromatic heterocycles. The van der Waals surface area contributed by atoms with Crippen molar-refractivity contribution in [3.8, 4) is 11.5 Å². The van der Waals surface area contributed by atoms with Crippen molar-refractivity contribution in [2.45, 2.75) is 49.0 Å². The fourth-order valence-corrected chi connectivity index (χ4v) is 6.78. The number of anilines is 1. The lowest BCUT2D eigenvalue weighted by molar-refractivity contribution is -0.144. The van der Waals surface area contributed by atoms with Crippen molar-refractivity contribution in [1.82, 2.24) is 0 Å². The van der Waals surface area contributed by atoms with Crippen LogP contribution in [0.15, 0.2) is 103 Å². The van der Waals surface area contributed by atoms with Gasteiger partial charge in [0.15, 0.2) is 0 Å². The van der Waals surface area contributed by atoms with Gasteiger partial charge in [-0.1, -0.05) is 72.3 Å². The Morgan fingerprint density at radius 2 is 1.50 bits per heavy atom. The number of ether oxygens (including phenoxy) is 1. The lowest BCUT2D eigenvalue weighted by Crippen LogP contribution is -2.52. The van der Waals surface area contributed by atoms with Gasteiger partial charge in [0, 0.05) is 16.1 Å². The van der Waals surface area contributed by atoms with Crippen LogP contribution < -0.4 is 10.1 Å². The quantitative estimate of drug-likeness (QED) is 0.267. The first-order chi connectivity index (χ1) is 18.5. The third-order valence-electron chi connectivity index (χ3n) is 8.52. The van der Waals surface area contributed by atoms with Gasteiger partial charge in [-0.3, -0.25) is 0 Å². The zero-order valence-corrected chi connectivity index (χ0v) is 21.8. The molecule has 0 amide bonds. The number of aliphatic carboxylic acids is 1. The second-order valence-corrected chi connectivity index (χ2v) is 11.0. The van der Waals surface area contributed by atoms with E-state index in [0.717, 1.165) is 36.4 Å². The number of carbonyl (C=O) groups is 1. The smallest absolute Gasteiger partial charge is 0.329 e. The maximum atomic E-state index is 12.6. The average molecular weight is 524 g/mol. The molecule has 1 saturated carbocycles. The number of halogens is 1. The monoisotopic (exact) mass is 523 g/mol. The zero-order chi connectivity index (χ0) is 26.2. The summed E-state index contributed by atoms with van der Waals surface area (Å²) in [5.74, 6) is 1.10. The molecule has 0 unspecified atom stereocenters. The maximum absolute atomic E-state index is 12.6. The molecule has 0 bridgehead atoms. The van der Waals surface area contributed by atoms with Crippen molar-refractivity contribution in [2.24, 2.45) is 0 Å². The van der Waals surface area contributed by atoms with Crippen LogP contribution in [0.3, 0.4) is 0 Å². The van der Waals surface area contributed by atoms with Crippen molar-refractivity contribution in [2.75, 3.05) is 5.32 Å². The van der Waals surface area contributed by atoms with Gasteiger partial charge in [0.05, 0.1) is 0 Å². The number of carboxylic acid groups (broad SMARTS) is 1. The van der Waals surface area contributed by atoms with E-state index in [9.17, 15) is 9.90 Å². The van der Waals surface area contributed by atoms with Crippen LogP contribution in [0.25, 0.3) is 0 Å². The number of hydrogen-bond donors (Lipinski definition) is 2. The van der Waals surface area contributed by atoms with Crippen LogP contribution in [0.5, 0.6) is 11.5 Å². The molecule has 4 aromatic rings. The zero-order valence-electron chi connectivity index (χ0n) is 21.1. The Morgan fingerprint density at radius 3 is 2.21 bits per heavy atom. The predicted octanol–water partition coefficient (Wildman–Crippen LogP) is 8.22. The van der Waals surface area contributed by atoms with E-state index in [0.29, 0.717) is 17.9 Å². The van der Waals surface area contributed by atoms with Crippen LogP contribution in [0.1, 0.15) is 48.3 Å². The molecule has 0 heterocycles. The van der Waals surface area contributed by atoms with Crippen LogP contribution in [0.2, 0.25) is 5.02 Å². The summed E-state index contributed by atoms with van der Waals surface area (Å²) in [6.45, 7) is 0. The number of nitrogens with one attached hydrogen (secondary N) is 1. The number of carboxylic acids is 1. The van der Waals surface area contributed by atoms with E-state index < -0.39 is 11.5 Å². The lowest BCUT2D eigenvalue weighted by atomic mass is 9.59. The molecule has 0 saturated heterocycles. The number of para-hydroxylation sites is 1. The van der Waals surface area contributed by atoms with Crippen LogP contribution >= 0.6 is 11.6 Å². The minimum atomic E-state index is -1.02. The minimum Gasteiger partial charge on any atom is -0.480 e. The van der Waals surface area contributed by atoms with E-state index in [-0.39, 0.29) is 11.3 Å². The first-order valence-corrected chi connectivity index (χ1v) is 13.5. The summed E-state index contributed by atoms with van der Waals surface area (Å²) >= 11 is 6.19. The van der Waals surface area contributed by atoms with Crippen LogP contribution in [0.4, 0.5) is 5.69 Å². The third kappa shape index (κ3) is 4.43. The SMILES string of the molecule is O=C(O)C1(Nc2cccc(Cl)c2)CCC2(CC1)c1ccccc1C[C@H]2c1ccc(Oc2ccccc2)cc1. The van der Waals surface area contributed by atoms with Gasteiger partial charge < -0.3 is 15.2 Å². The summed E-state index contributed by atoms with van der Waals surface area (Å²) < 4.78 is 6.03. The Balaban J connectivity index is 1.29. The van der Waals surface area contributed by atoms with Gasteiger partial charge in [0.1, 0.15) is 17.0 Å². The molecule has 38 heavy (non-hydrogen) atoms. The number of rotatable bonds is 6. The molecule has 4 nitrogen and oxygen atoms in total. The Labute approximate surface area is 228 Å². The molecule has 0 aliphatic heterocycles. The molecule has 2 aliphatic rings. The molecule has 1 spiro atoms. The summed E-state index contributed by atoms with van der Waals surface area (Å²) in [5.41, 5.74) is 3.63. The highest BCUT2D eigenvalue weighted by atomic mass is 35.5. The fourth-order valence-electron chi connectivity index (χ4n) is 6.59. The maximum Gasteiger partial charge on any atom is 0.329 e. The highest BCUT2D eigenvalue weighted by Crippen LogP contribution is 2.58. The summed E-state index contributed by atoms with van der Waals surface area (Å²) in [7, 11) is 0.